The Morgan fingerprint density at radius 3 is 2.44 bits per heavy atom. The molecule has 4 rings (SSSR count). The van der Waals surface area contributed by atoms with E-state index in [1.165, 1.54) is 12.1 Å². The van der Waals surface area contributed by atoms with E-state index in [0.29, 0.717) is 35.8 Å². The molecule has 0 saturated heterocycles. The van der Waals surface area contributed by atoms with E-state index < -0.39 is 11.0 Å². The number of hydrogen-bond donors (Lipinski definition) is 0. The quantitative estimate of drug-likeness (QED) is 0.310. The summed E-state index contributed by atoms with van der Waals surface area (Å²) in [6.07, 6.45) is 0.656. The average Bonchev–Trinajstić information content (AvgIpc) is 2.86. The van der Waals surface area contributed by atoms with Crippen LogP contribution in [0.5, 0.6) is 17.2 Å². The number of carbonyl (C=O) groups is 1. The van der Waals surface area contributed by atoms with E-state index in [0.717, 1.165) is 15.6 Å². The largest absolute Gasteiger partial charge is 0.493 e. The molecule has 0 aromatic heterocycles. The SMILES string of the molecule is COc1cc2c(cc1OC)C(COc1ccc([N+](=O)[O-])cc1)N(C(=O)c1cccc(Br)c1)CC2. The number of rotatable bonds is 7. The molecular formula is C25H23BrN2O6. The molecule has 0 radical (unpaired) electrons. The van der Waals surface area contributed by atoms with Crippen molar-refractivity contribution < 1.29 is 23.9 Å². The van der Waals surface area contributed by atoms with E-state index in [1.54, 1.807) is 43.4 Å². The summed E-state index contributed by atoms with van der Waals surface area (Å²) in [5.41, 5.74) is 2.51. The maximum absolute atomic E-state index is 13.5. The molecule has 9 heteroatoms. The highest BCUT2D eigenvalue weighted by molar-refractivity contribution is 9.10. The van der Waals surface area contributed by atoms with Gasteiger partial charge in [-0.15, -0.1) is 0 Å². The third-order valence-corrected chi connectivity index (χ3v) is 6.28. The van der Waals surface area contributed by atoms with Crippen LogP contribution in [0.1, 0.15) is 27.5 Å². The summed E-state index contributed by atoms with van der Waals surface area (Å²) >= 11 is 3.43. The molecule has 0 fully saturated rings. The van der Waals surface area contributed by atoms with Crippen LogP contribution in [0.25, 0.3) is 0 Å². The summed E-state index contributed by atoms with van der Waals surface area (Å²) in [6.45, 7) is 0.669. The zero-order chi connectivity index (χ0) is 24.2. The van der Waals surface area contributed by atoms with E-state index in [1.807, 2.05) is 24.3 Å². The smallest absolute Gasteiger partial charge is 0.269 e. The number of nitro groups is 1. The van der Waals surface area contributed by atoms with Gasteiger partial charge in [0.25, 0.3) is 11.6 Å². The van der Waals surface area contributed by atoms with Crippen LogP contribution in [0.15, 0.2) is 65.1 Å². The van der Waals surface area contributed by atoms with E-state index in [-0.39, 0.29) is 18.2 Å². The van der Waals surface area contributed by atoms with Gasteiger partial charge in [0.05, 0.1) is 25.2 Å². The highest BCUT2D eigenvalue weighted by Crippen LogP contribution is 2.39. The maximum atomic E-state index is 13.5. The van der Waals surface area contributed by atoms with Gasteiger partial charge >= 0.3 is 0 Å². The Morgan fingerprint density at radius 1 is 1.09 bits per heavy atom. The Morgan fingerprint density at radius 2 is 1.79 bits per heavy atom. The first-order valence-electron chi connectivity index (χ1n) is 10.6. The van der Waals surface area contributed by atoms with Gasteiger partial charge in [-0.25, -0.2) is 0 Å². The van der Waals surface area contributed by atoms with Crippen molar-refractivity contribution in [1.29, 1.82) is 0 Å². The lowest BCUT2D eigenvalue weighted by atomic mass is 9.91. The van der Waals surface area contributed by atoms with Crippen molar-refractivity contribution in [2.75, 3.05) is 27.4 Å². The molecule has 0 aliphatic carbocycles. The minimum atomic E-state index is -0.459. The molecule has 1 heterocycles. The Labute approximate surface area is 205 Å². The molecule has 1 unspecified atom stereocenters. The highest BCUT2D eigenvalue weighted by atomic mass is 79.9. The molecule has 0 N–H and O–H groups in total. The van der Waals surface area contributed by atoms with E-state index in [4.69, 9.17) is 14.2 Å². The Balaban J connectivity index is 1.68. The minimum absolute atomic E-state index is 0.0151. The fourth-order valence-corrected chi connectivity index (χ4v) is 4.48. The standard InChI is InChI=1S/C25H23BrN2O6/c1-32-23-13-16-10-11-27(25(29)17-4-3-5-18(26)12-17)22(21(16)14-24(23)33-2)15-34-20-8-6-19(7-9-20)28(30)31/h3-9,12-14,22H,10-11,15H2,1-2H3. The third-order valence-electron chi connectivity index (χ3n) is 5.79. The molecule has 0 spiro atoms. The van der Waals surface area contributed by atoms with Crippen LogP contribution >= 0.6 is 15.9 Å². The number of methoxy groups -OCH3 is 2. The average molecular weight is 527 g/mol. The number of halogens is 1. The van der Waals surface area contributed by atoms with Crippen molar-refractivity contribution in [3.63, 3.8) is 0 Å². The van der Waals surface area contributed by atoms with E-state index in [9.17, 15) is 14.9 Å². The monoisotopic (exact) mass is 526 g/mol. The van der Waals surface area contributed by atoms with Crippen LogP contribution in [0.3, 0.4) is 0 Å². The molecule has 1 aliphatic rings. The van der Waals surface area contributed by atoms with Gasteiger partial charge in [-0.05, 0) is 60.0 Å². The molecule has 3 aromatic rings. The van der Waals surface area contributed by atoms with Crippen LogP contribution in [0, 0.1) is 10.1 Å². The number of amides is 1. The number of fused-ring (bicyclic) bond motifs is 1. The lowest BCUT2D eigenvalue weighted by Crippen LogP contribution is -2.42. The Bertz CT molecular complexity index is 1210. The molecular weight excluding hydrogens is 504 g/mol. The van der Waals surface area contributed by atoms with Crippen LogP contribution < -0.4 is 14.2 Å². The molecule has 34 heavy (non-hydrogen) atoms. The molecule has 8 nitrogen and oxygen atoms in total. The van der Waals surface area contributed by atoms with Crippen LogP contribution in [0.4, 0.5) is 5.69 Å². The van der Waals surface area contributed by atoms with Gasteiger partial charge in [-0.1, -0.05) is 22.0 Å². The molecule has 1 aliphatic heterocycles. The number of hydrogen-bond acceptors (Lipinski definition) is 6. The van der Waals surface area contributed by atoms with Crippen molar-refractivity contribution in [3.05, 3.63) is 91.9 Å². The van der Waals surface area contributed by atoms with Crippen LogP contribution in [0.2, 0.25) is 0 Å². The van der Waals surface area contributed by atoms with Crippen molar-refractivity contribution in [2.24, 2.45) is 0 Å². The van der Waals surface area contributed by atoms with Crippen molar-refractivity contribution in [1.82, 2.24) is 4.90 Å². The second-order valence-electron chi connectivity index (χ2n) is 7.74. The lowest BCUT2D eigenvalue weighted by Gasteiger charge is -2.37. The van der Waals surface area contributed by atoms with Gasteiger partial charge in [0.15, 0.2) is 11.5 Å². The summed E-state index contributed by atoms with van der Waals surface area (Å²) < 4.78 is 17.8. The van der Waals surface area contributed by atoms with Crippen molar-refractivity contribution in [2.45, 2.75) is 12.5 Å². The topological polar surface area (TPSA) is 91.1 Å². The first-order valence-corrected chi connectivity index (χ1v) is 11.4. The Hall–Kier alpha value is -3.59. The normalized spacial score (nSPS) is 14.8. The second-order valence-corrected chi connectivity index (χ2v) is 8.66. The predicted molar refractivity (Wildman–Crippen MR) is 130 cm³/mol. The second kappa shape index (κ2) is 10.1. The summed E-state index contributed by atoms with van der Waals surface area (Å²) in [5, 5.41) is 10.9. The molecule has 3 aromatic carbocycles. The Kier molecular flexibility index (Phi) is 7.02. The first-order chi connectivity index (χ1) is 16.4. The number of benzene rings is 3. The van der Waals surface area contributed by atoms with Crippen LogP contribution in [-0.4, -0.2) is 43.1 Å². The lowest BCUT2D eigenvalue weighted by molar-refractivity contribution is -0.384. The molecule has 176 valence electrons. The van der Waals surface area contributed by atoms with Gasteiger partial charge in [-0.2, -0.15) is 0 Å². The zero-order valence-corrected chi connectivity index (χ0v) is 20.3. The van der Waals surface area contributed by atoms with Crippen molar-refractivity contribution in [3.8, 4) is 17.2 Å². The van der Waals surface area contributed by atoms with Gasteiger partial charge in [0, 0.05) is 28.7 Å². The summed E-state index contributed by atoms with van der Waals surface area (Å²) in [4.78, 5) is 25.8. The molecule has 0 bridgehead atoms. The van der Waals surface area contributed by atoms with Gasteiger partial charge in [0.2, 0.25) is 0 Å². The zero-order valence-electron chi connectivity index (χ0n) is 18.7. The van der Waals surface area contributed by atoms with Gasteiger partial charge in [-0.3, -0.25) is 14.9 Å². The molecule has 0 saturated carbocycles. The summed E-state index contributed by atoms with van der Waals surface area (Å²) in [6, 6.07) is 16.6. The molecule has 1 atom stereocenters. The number of carbonyl (C=O) groups excluding carboxylic acids is 1. The predicted octanol–water partition coefficient (Wildman–Crippen LogP) is 5.19. The maximum Gasteiger partial charge on any atom is 0.269 e. The fraction of sp³-hybridized carbons (Fsp3) is 0.240. The van der Waals surface area contributed by atoms with Crippen LogP contribution in [-0.2, 0) is 6.42 Å². The molecule has 1 amide bonds. The fourth-order valence-electron chi connectivity index (χ4n) is 4.08. The number of ether oxygens (including phenoxy) is 3. The van der Waals surface area contributed by atoms with E-state index in [2.05, 4.69) is 15.9 Å². The van der Waals surface area contributed by atoms with Crippen molar-refractivity contribution >= 4 is 27.5 Å². The minimum Gasteiger partial charge on any atom is -0.493 e. The first kappa shape index (κ1) is 23.6. The number of non-ortho nitro benzene ring substituents is 1. The van der Waals surface area contributed by atoms with Gasteiger partial charge < -0.3 is 19.1 Å². The number of nitro benzene ring substituents is 1. The third kappa shape index (κ3) is 4.84. The summed E-state index contributed by atoms with van der Waals surface area (Å²) in [7, 11) is 3.16. The summed E-state index contributed by atoms with van der Waals surface area (Å²) in [5.74, 6) is 1.56. The van der Waals surface area contributed by atoms with E-state index >= 15 is 0 Å². The highest BCUT2D eigenvalue weighted by Gasteiger charge is 2.33. The van der Waals surface area contributed by atoms with Gasteiger partial charge in [0.1, 0.15) is 12.4 Å². The number of nitrogens with zero attached hydrogens (tertiary/aromatic N) is 2.